The van der Waals surface area contributed by atoms with E-state index in [2.05, 4.69) is 4.98 Å². The summed E-state index contributed by atoms with van der Waals surface area (Å²) in [5, 5.41) is 4.70. The van der Waals surface area contributed by atoms with Crippen LogP contribution in [-0.2, 0) is 15.8 Å². The first kappa shape index (κ1) is 9.08. The number of nitrogens with zero attached hydrogens (tertiary/aromatic N) is 1. The van der Waals surface area contributed by atoms with Crippen molar-refractivity contribution in [3.8, 4) is 0 Å². The molecule has 0 unspecified atom stereocenters. The second-order valence-electron chi connectivity index (χ2n) is 2.24. The Morgan fingerprint density at radius 1 is 1.58 bits per heavy atom. The van der Waals surface area contributed by atoms with Gasteiger partial charge in [0.15, 0.2) is 0 Å². The lowest BCUT2D eigenvalue weighted by Gasteiger charge is -1.98. The number of nitrogens with two attached hydrogens (primary N) is 1. The minimum atomic E-state index is -3.70. The number of hydrogen-bond donors (Lipinski definition) is 1. The number of primary sulfonamides is 1. The van der Waals surface area contributed by atoms with E-state index in [1.54, 1.807) is 0 Å². The fourth-order valence-electron chi connectivity index (χ4n) is 0.715. The Labute approximate surface area is 69.3 Å². The van der Waals surface area contributed by atoms with Crippen LogP contribution >= 0.6 is 0 Å². The second kappa shape index (κ2) is 3.16. The van der Waals surface area contributed by atoms with Gasteiger partial charge in [0.1, 0.15) is 11.6 Å². The van der Waals surface area contributed by atoms with E-state index in [4.69, 9.17) is 5.14 Å². The molecule has 6 heteroatoms. The summed E-state index contributed by atoms with van der Waals surface area (Å²) in [6.45, 7) is 0. The number of hydrogen-bond acceptors (Lipinski definition) is 3. The summed E-state index contributed by atoms with van der Waals surface area (Å²) in [5.74, 6) is -1.23. The first-order valence-electron chi connectivity index (χ1n) is 3.09. The Morgan fingerprint density at radius 3 is 2.75 bits per heavy atom. The van der Waals surface area contributed by atoms with Crippen LogP contribution in [0.1, 0.15) is 5.69 Å². The quantitative estimate of drug-likeness (QED) is 0.713. The van der Waals surface area contributed by atoms with E-state index in [0.29, 0.717) is 0 Å². The maximum atomic E-state index is 12.7. The van der Waals surface area contributed by atoms with E-state index in [1.807, 2.05) is 0 Å². The third-order valence-electron chi connectivity index (χ3n) is 1.17. The molecule has 0 radical (unpaired) electrons. The zero-order chi connectivity index (χ0) is 9.19. The van der Waals surface area contributed by atoms with Crippen molar-refractivity contribution in [2.45, 2.75) is 5.75 Å². The summed E-state index contributed by atoms with van der Waals surface area (Å²) in [6, 6.07) is 2.51. The number of pyridine rings is 1. The average molecular weight is 190 g/mol. The van der Waals surface area contributed by atoms with E-state index in [0.717, 1.165) is 6.07 Å². The minimum Gasteiger partial charge on any atom is -0.257 e. The fourth-order valence-corrected chi connectivity index (χ4v) is 1.31. The SMILES string of the molecule is NS(=O)(=O)Cc1ncccc1F. The molecule has 0 bridgehead atoms. The molecule has 4 nitrogen and oxygen atoms in total. The standard InChI is InChI=1S/C6H7FN2O2S/c7-5-2-1-3-9-6(5)4-12(8,10)11/h1-3H,4H2,(H2,8,10,11). The summed E-state index contributed by atoms with van der Waals surface area (Å²) < 4.78 is 33.8. The molecule has 0 spiro atoms. The first-order chi connectivity index (χ1) is 5.49. The normalized spacial score (nSPS) is 11.5. The Balaban J connectivity index is 2.98. The number of halogens is 1. The molecular weight excluding hydrogens is 183 g/mol. The summed E-state index contributed by atoms with van der Waals surface area (Å²) in [4.78, 5) is 3.53. The van der Waals surface area contributed by atoms with Crippen LogP contribution in [0, 0.1) is 5.82 Å². The molecule has 2 N–H and O–H groups in total. The van der Waals surface area contributed by atoms with Crippen LogP contribution in [0.2, 0.25) is 0 Å². The lowest BCUT2D eigenvalue weighted by Crippen LogP contribution is -2.16. The molecule has 0 fully saturated rings. The average Bonchev–Trinajstić information content (AvgIpc) is 1.91. The van der Waals surface area contributed by atoms with Gasteiger partial charge in [-0.2, -0.15) is 0 Å². The number of sulfonamides is 1. The molecule has 12 heavy (non-hydrogen) atoms. The molecule has 0 saturated carbocycles. The van der Waals surface area contributed by atoms with Gasteiger partial charge in [-0.25, -0.2) is 17.9 Å². The smallest absolute Gasteiger partial charge is 0.214 e. The van der Waals surface area contributed by atoms with Crippen molar-refractivity contribution in [1.29, 1.82) is 0 Å². The van der Waals surface area contributed by atoms with Gasteiger partial charge in [-0.05, 0) is 12.1 Å². The molecule has 0 saturated heterocycles. The van der Waals surface area contributed by atoms with Crippen molar-refractivity contribution in [2.75, 3.05) is 0 Å². The van der Waals surface area contributed by atoms with Crippen molar-refractivity contribution in [2.24, 2.45) is 5.14 Å². The van der Waals surface area contributed by atoms with Crippen LogP contribution in [0.3, 0.4) is 0 Å². The highest BCUT2D eigenvalue weighted by Gasteiger charge is 2.09. The highest BCUT2D eigenvalue weighted by molar-refractivity contribution is 7.88. The van der Waals surface area contributed by atoms with Gasteiger partial charge in [-0.1, -0.05) is 0 Å². The fraction of sp³-hybridized carbons (Fsp3) is 0.167. The predicted octanol–water partition coefficient (Wildman–Crippen LogP) is 0.00920. The molecule has 0 atom stereocenters. The molecule has 66 valence electrons. The molecular formula is C6H7FN2O2S. The molecule has 0 amide bonds. The maximum Gasteiger partial charge on any atom is 0.214 e. The van der Waals surface area contributed by atoms with Gasteiger partial charge in [0.2, 0.25) is 10.0 Å². The van der Waals surface area contributed by atoms with Gasteiger partial charge in [-0.15, -0.1) is 0 Å². The zero-order valence-corrected chi connectivity index (χ0v) is 6.88. The third-order valence-corrected chi connectivity index (χ3v) is 1.85. The van der Waals surface area contributed by atoms with Crippen LogP contribution in [0.25, 0.3) is 0 Å². The van der Waals surface area contributed by atoms with Crippen molar-refractivity contribution < 1.29 is 12.8 Å². The largest absolute Gasteiger partial charge is 0.257 e. The van der Waals surface area contributed by atoms with Crippen molar-refractivity contribution in [3.63, 3.8) is 0 Å². The molecule has 1 rings (SSSR count). The monoisotopic (exact) mass is 190 g/mol. The molecule has 0 aliphatic heterocycles. The third kappa shape index (κ3) is 2.55. The van der Waals surface area contributed by atoms with Crippen LogP contribution in [0.5, 0.6) is 0 Å². The summed E-state index contributed by atoms with van der Waals surface area (Å²) >= 11 is 0. The molecule has 0 aliphatic carbocycles. The zero-order valence-electron chi connectivity index (χ0n) is 6.07. The van der Waals surface area contributed by atoms with Crippen molar-refractivity contribution in [3.05, 3.63) is 29.8 Å². The summed E-state index contributed by atoms with van der Waals surface area (Å²) in [5.41, 5.74) is -0.153. The van der Waals surface area contributed by atoms with Crippen molar-refractivity contribution >= 4 is 10.0 Å². The van der Waals surface area contributed by atoms with Gasteiger partial charge in [0.25, 0.3) is 0 Å². The van der Waals surface area contributed by atoms with Gasteiger partial charge < -0.3 is 0 Å². The predicted molar refractivity (Wildman–Crippen MR) is 41.0 cm³/mol. The second-order valence-corrected chi connectivity index (χ2v) is 3.85. The number of rotatable bonds is 2. The van der Waals surface area contributed by atoms with Crippen LogP contribution in [-0.4, -0.2) is 13.4 Å². The lowest BCUT2D eigenvalue weighted by atomic mass is 10.4. The van der Waals surface area contributed by atoms with E-state index < -0.39 is 21.6 Å². The van der Waals surface area contributed by atoms with Gasteiger partial charge in [0, 0.05) is 6.20 Å². The number of aromatic nitrogens is 1. The highest BCUT2D eigenvalue weighted by atomic mass is 32.2. The Bertz CT molecular complexity index is 377. The minimum absolute atomic E-state index is 0.153. The van der Waals surface area contributed by atoms with Crippen LogP contribution in [0.15, 0.2) is 18.3 Å². The van der Waals surface area contributed by atoms with Gasteiger partial charge >= 0.3 is 0 Å². The van der Waals surface area contributed by atoms with Gasteiger partial charge in [0.05, 0.1) is 5.69 Å². The molecule has 0 aliphatic rings. The topological polar surface area (TPSA) is 73.1 Å². The Morgan fingerprint density at radius 2 is 2.25 bits per heavy atom. The molecule has 1 heterocycles. The molecule has 1 aromatic heterocycles. The Hall–Kier alpha value is -1.01. The van der Waals surface area contributed by atoms with E-state index >= 15 is 0 Å². The highest BCUT2D eigenvalue weighted by Crippen LogP contribution is 2.04. The van der Waals surface area contributed by atoms with E-state index in [9.17, 15) is 12.8 Å². The van der Waals surface area contributed by atoms with E-state index in [1.165, 1.54) is 12.3 Å². The van der Waals surface area contributed by atoms with Crippen LogP contribution in [0.4, 0.5) is 4.39 Å². The first-order valence-corrected chi connectivity index (χ1v) is 4.80. The lowest BCUT2D eigenvalue weighted by molar-refractivity contribution is 0.584. The van der Waals surface area contributed by atoms with Crippen LogP contribution < -0.4 is 5.14 Å². The summed E-state index contributed by atoms with van der Waals surface area (Å²) in [7, 11) is -3.70. The van der Waals surface area contributed by atoms with E-state index in [-0.39, 0.29) is 5.69 Å². The Kier molecular flexibility index (Phi) is 2.39. The molecule has 0 aromatic carbocycles. The van der Waals surface area contributed by atoms with Crippen molar-refractivity contribution in [1.82, 2.24) is 4.98 Å². The molecule has 1 aromatic rings. The summed E-state index contributed by atoms with van der Waals surface area (Å²) in [6.07, 6.45) is 1.31. The maximum absolute atomic E-state index is 12.7. The van der Waals surface area contributed by atoms with Gasteiger partial charge in [-0.3, -0.25) is 4.98 Å².